The second-order valence-corrected chi connectivity index (χ2v) is 5.05. The van der Waals surface area contributed by atoms with E-state index >= 15 is 0 Å². The SMILES string of the molecule is COCCN(C)CCNC(=O)c1sc(N)nc1C. The van der Waals surface area contributed by atoms with E-state index in [4.69, 9.17) is 10.5 Å². The Balaban J connectivity index is 2.31. The Morgan fingerprint density at radius 3 is 2.83 bits per heavy atom. The molecule has 0 aromatic carbocycles. The quantitative estimate of drug-likeness (QED) is 0.748. The molecule has 0 unspecified atom stereocenters. The molecule has 0 fully saturated rings. The highest BCUT2D eigenvalue weighted by molar-refractivity contribution is 7.17. The van der Waals surface area contributed by atoms with E-state index in [9.17, 15) is 4.79 Å². The van der Waals surface area contributed by atoms with Gasteiger partial charge in [0.2, 0.25) is 0 Å². The fourth-order valence-electron chi connectivity index (χ4n) is 1.43. The first-order chi connectivity index (χ1) is 8.54. The number of rotatable bonds is 7. The highest BCUT2D eigenvalue weighted by Gasteiger charge is 2.13. The van der Waals surface area contributed by atoms with E-state index in [2.05, 4.69) is 15.2 Å². The van der Waals surface area contributed by atoms with Crippen molar-refractivity contribution in [2.75, 3.05) is 46.1 Å². The van der Waals surface area contributed by atoms with E-state index in [1.54, 1.807) is 14.0 Å². The minimum atomic E-state index is -0.109. The molecule has 102 valence electrons. The van der Waals surface area contributed by atoms with E-state index in [1.165, 1.54) is 11.3 Å². The highest BCUT2D eigenvalue weighted by atomic mass is 32.1. The number of anilines is 1. The second-order valence-electron chi connectivity index (χ2n) is 4.02. The second kappa shape index (κ2) is 7.30. The van der Waals surface area contributed by atoms with Crippen molar-refractivity contribution in [1.29, 1.82) is 0 Å². The normalized spacial score (nSPS) is 10.9. The van der Waals surface area contributed by atoms with Crippen molar-refractivity contribution >= 4 is 22.4 Å². The van der Waals surface area contributed by atoms with Gasteiger partial charge in [-0.15, -0.1) is 0 Å². The summed E-state index contributed by atoms with van der Waals surface area (Å²) in [6.45, 7) is 4.69. The predicted octanol–water partition coefficient (Wildman–Crippen LogP) is 0.342. The van der Waals surface area contributed by atoms with Crippen LogP contribution in [0.3, 0.4) is 0 Å². The fourth-order valence-corrected chi connectivity index (χ4v) is 2.18. The number of carbonyl (C=O) groups is 1. The number of methoxy groups -OCH3 is 1. The molecule has 0 aliphatic heterocycles. The molecule has 0 saturated heterocycles. The highest BCUT2D eigenvalue weighted by Crippen LogP contribution is 2.18. The lowest BCUT2D eigenvalue weighted by Crippen LogP contribution is -2.34. The lowest BCUT2D eigenvalue weighted by Gasteiger charge is -2.15. The molecule has 0 aliphatic carbocycles. The number of hydrogen-bond donors (Lipinski definition) is 2. The number of hydrogen-bond acceptors (Lipinski definition) is 6. The number of aryl methyl sites for hydroxylation is 1. The molecule has 1 rings (SSSR count). The zero-order valence-corrected chi connectivity index (χ0v) is 11.8. The van der Waals surface area contributed by atoms with E-state index in [-0.39, 0.29) is 5.91 Å². The van der Waals surface area contributed by atoms with E-state index < -0.39 is 0 Å². The molecule has 3 N–H and O–H groups in total. The van der Waals surface area contributed by atoms with Gasteiger partial charge in [0.05, 0.1) is 12.3 Å². The number of ether oxygens (including phenoxy) is 1. The Bertz CT molecular complexity index is 394. The monoisotopic (exact) mass is 272 g/mol. The first kappa shape index (κ1) is 14.9. The molecule has 0 aliphatic rings. The number of nitrogen functional groups attached to an aromatic ring is 1. The van der Waals surface area contributed by atoms with Gasteiger partial charge < -0.3 is 20.7 Å². The summed E-state index contributed by atoms with van der Waals surface area (Å²) in [5, 5.41) is 3.28. The zero-order valence-electron chi connectivity index (χ0n) is 11.0. The molecule has 0 spiro atoms. The number of likely N-dealkylation sites (N-methyl/N-ethyl adjacent to an activating group) is 1. The van der Waals surface area contributed by atoms with Crippen LogP contribution < -0.4 is 11.1 Å². The maximum Gasteiger partial charge on any atom is 0.263 e. The molecule has 0 bridgehead atoms. The summed E-state index contributed by atoms with van der Waals surface area (Å²) in [4.78, 5) is 18.5. The van der Waals surface area contributed by atoms with Gasteiger partial charge in [0.25, 0.3) is 5.91 Å². The number of carbonyl (C=O) groups excluding carboxylic acids is 1. The van der Waals surface area contributed by atoms with Crippen LogP contribution in [0.5, 0.6) is 0 Å². The summed E-state index contributed by atoms with van der Waals surface area (Å²) >= 11 is 1.22. The largest absolute Gasteiger partial charge is 0.383 e. The summed E-state index contributed by atoms with van der Waals surface area (Å²) in [5.74, 6) is -0.109. The van der Waals surface area contributed by atoms with Crippen LogP contribution in [-0.4, -0.2) is 56.2 Å². The van der Waals surface area contributed by atoms with Crippen molar-refractivity contribution in [3.63, 3.8) is 0 Å². The molecular weight excluding hydrogens is 252 g/mol. The molecule has 6 nitrogen and oxygen atoms in total. The Kier molecular flexibility index (Phi) is 6.03. The van der Waals surface area contributed by atoms with Crippen LogP contribution in [0.4, 0.5) is 5.13 Å². The number of nitrogens with one attached hydrogen (secondary N) is 1. The number of amides is 1. The number of thiazole rings is 1. The maximum atomic E-state index is 11.8. The molecule has 1 aromatic heterocycles. The van der Waals surface area contributed by atoms with Gasteiger partial charge in [0.1, 0.15) is 4.88 Å². The van der Waals surface area contributed by atoms with Gasteiger partial charge >= 0.3 is 0 Å². The van der Waals surface area contributed by atoms with Crippen LogP contribution in [-0.2, 0) is 4.74 Å². The molecule has 0 radical (unpaired) electrons. The predicted molar refractivity (Wildman–Crippen MR) is 73.0 cm³/mol. The topological polar surface area (TPSA) is 80.5 Å². The molecule has 7 heteroatoms. The maximum absolute atomic E-state index is 11.8. The smallest absolute Gasteiger partial charge is 0.263 e. The van der Waals surface area contributed by atoms with Crippen molar-refractivity contribution < 1.29 is 9.53 Å². The van der Waals surface area contributed by atoms with Gasteiger partial charge in [0, 0.05) is 26.7 Å². The average molecular weight is 272 g/mol. The van der Waals surface area contributed by atoms with Crippen LogP contribution in [0.25, 0.3) is 0 Å². The van der Waals surface area contributed by atoms with Crippen LogP contribution >= 0.6 is 11.3 Å². The third kappa shape index (κ3) is 4.59. The lowest BCUT2D eigenvalue weighted by molar-refractivity contribution is 0.0951. The summed E-state index contributed by atoms with van der Waals surface area (Å²) in [6, 6.07) is 0. The van der Waals surface area contributed by atoms with Crippen molar-refractivity contribution in [3.05, 3.63) is 10.6 Å². The first-order valence-electron chi connectivity index (χ1n) is 5.73. The Labute approximate surface area is 111 Å². The molecule has 1 amide bonds. The number of nitrogens with zero attached hydrogens (tertiary/aromatic N) is 2. The van der Waals surface area contributed by atoms with Crippen molar-refractivity contribution in [2.24, 2.45) is 0 Å². The summed E-state index contributed by atoms with van der Waals surface area (Å²) in [6.07, 6.45) is 0. The Hall–Kier alpha value is -1.18. The van der Waals surface area contributed by atoms with Crippen molar-refractivity contribution in [1.82, 2.24) is 15.2 Å². The standard InChI is InChI=1S/C11H20N4O2S/c1-8-9(18-11(12)14-8)10(16)13-4-5-15(2)6-7-17-3/h4-7H2,1-3H3,(H2,12,14)(H,13,16). The van der Waals surface area contributed by atoms with Crippen LogP contribution in [0.1, 0.15) is 15.4 Å². The van der Waals surface area contributed by atoms with Crippen LogP contribution in [0.15, 0.2) is 0 Å². The Morgan fingerprint density at radius 1 is 1.56 bits per heavy atom. The van der Waals surface area contributed by atoms with Crippen molar-refractivity contribution in [2.45, 2.75) is 6.92 Å². The number of aromatic nitrogens is 1. The van der Waals surface area contributed by atoms with Crippen molar-refractivity contribution in [3.8, 4) is 0 Å². The average Bonchev–Trinajstić information content (AvgIpc) is 2.65. The van der Waals surface area contributed by atoms with E-state index in [1.807, 2.05) is 7.05 Å². The third-order valence-electron chi connectivity index (χ3n) is 2.48. The Morgan fingerprint density at radius 2 is 2.28 bits per heavy atom. The van der Waals surface area contributed by atoms with E-state index in [0.717, 1.165) is 13.1 Å². The zero-order chi connectivity index (χ0) is 13.5. The molecular formula is C11H20N4O2S. The fraction of sp³-hybridized carbons (Fsp3) is 0.636. The van der Waals surface area contributed by atoms with Gasteiger partial charge in [-0.2, -0.15) is 0 Å². The number of nitrogens with two attached hydrogens (primary N) is 1. The minimum absolute atomic E-state index is 0.109. The van der Waals surface area contributed by atoms with Crippen LogP contribution in [0.2, 0.25) is 0 Å². The molecule has 0 atom stereocenters. The van der Waals surface area contributed by atoms with Gasteiger partial charge in [0.15, 0.2) is 5.13 Å². The van der Waals surface area contributed by atoms with Crippen LogP contribution in [0, 0.1) is 6.92 Å². The molecule has 18 heavy (non-hydrogen) atoms. The summed E-state index contributed by atoms with van der Waals surface area (Å²) in [7, 11) is 3.66. The summed E-state index contributed by atoms with van der Waals surface area (Å²) < 4.78 is 4.98. The minimum Gasteiger partial charge on any atom is -0.383 e. The first-order valence-corrected chi connectivity index (χ1v) is 6.54. The lowest BCUT2D eigenvalue weighted by atomic mass is 10.3. The third-order valence-corrected chi connectivity index (χ3v) is 3.46. The van der Waals surface area contributed by atoms with Gasteiger partial charge in [-0.25, -0.2) is 4.98 Å². The van der Waals surface area contributed by atoms with Gasteiger partial charge in [-0.1, -0.05) is 11.3 Å². The van der Waals surface area contributed by atoms with Gasteiger partial charge in [-0.05, 0) is 14.0 Å². The molecule has 1 heterocycles. The van der Waals surface area contributed by atoms with Gasteiger partial charge in [-0.3, -0.25) is 4.79 Å². The summed E-state index contributed by atoms with van der Waals surface area (Å²) in [5.41, 5.74) is 6.24. The molecule has 1 aromatic rings. The molecule has 0 saturated carbocycles. The van der Waals surface area contributed by atoms with E-state index in [0.29, 0.717) is 28.9 Å².